The first-order valence-electron chi connectivity index (χ1n) is 30.9. The lowest BCUT2D eigenvalue weighted by Gasteiger charge is -2.18. The van der Waals surface area contributed by atoms with E-state index in [4.69, 9.17) is 14.2 Å². The molecule has 74 heavy (non-hydrogen) atoms. The summed E-state index contributed by atoms with van der Waals surface area (Å²) in [7, 11) is 0. The monoisotopic (exact) mass is 1030 g/mol. The largest absolute Gasteiger partial charge is 0.462 e. The van der Waals surface area contributed by atoms with Gasteiger partial charge in [0.2, 0.25) is 0 Å². The van der Waals surface area contributed by atoms with Crippen molar-refractivity contribution in [2.75, 3.05) is 13.2 Å². The Balaban J connectivity index is 4.43. The number of esters is 3. The van der Waals surface area contributed by atoms with Gasteiger partial charge < -0.3 is 14.2 Å². The molecule has 1 atom stereocenters. The van der Waals surface area contributed by atoms with Gasteiger partial charge >= 0.3 is 17.9 Å². The third-order valence-corrected chi connectivity index (χ3v) is 13.0. The third-order valence-electron chi connectivity index (χ3n) is 13.0. The minimum absolute atomic E-state index is 0.0912. The number of allylic oxidation sites excluding steroid dienone is 18. The Bertz CT molecular complexity index is 1510. The summed E-state index contributed by atoms with van der Waals surface area (Å²) in [5.74, 6) is -0.925. The first-order chi connectivity index (χ1) is 36.5. The van der Waals surface area contributed by atoms with Gasteiger partial charge in [0.15, 0.2) is 6.10 Å². The van der Waals surface area contributed by atoms with Crippen molar-refractivity contribution >= 4 is 17.9 Å². The molecule has 0 aromatic rings. The van der Waals surface area contributed by atoms with E-state index in [2.05, 4.69) is 130 Å². The van der Waals surface area contributed by atoms with Crippen LogP contribution in [0.4, 0.5) is 0 Å². The van der Waals surface area contributed by atoms with Crippen molar-refractivity contribution in [1.82, 2.24) is 0 Å². The molecule has 0 heterocycles. The molecule has 0 aromatic heterocycles. The maximum absolute atomic E-state index is 12.9. The Hall–Kier alpha value is -3.93. The summed E-state index contributed by atoms with van der Waals surface area (Å²) < 4.78 is 16.9. The molecule has 0 aliphatic rings. The zero-order chi connectivity index (χ0) is 53.6. The molecule has 0 aromatic carbocycles. The lowest BCUT2D eigenvalue weighted by molar-refractivity contribution is -0.167. The summed E-state index contributed by atoms with van der Waals surface area (Å²) in [6, 6.07) is 0. The Morgan fingerprint density at radius 1 is 0.284 bits per heavy atom. The second kappa shape index (κ2) is 61.6. The molecular weight excluding hydrogens is 913 g/mol. The van der Waals surface area contributed by atoms with Gasteiger partial charge in [-0.1, -0.05) is 265 Å². The maximum Gasteiger partial charge on any atom is 0.306 e. The molecule has 0 amide bonds. The van der Waals surface area contributed by atoms with Gasteiger partial charge in [0.1, 0.15) is 13.2 Å². The van der Waals surface area contributed by atoms with E-state index in [0.717, 1.165) is 135 Å². The summed E-state index contributed by atoms with van der Waals surface area (Å²) in [5, 5.41) is 0. The molecule has 0 radical (unpaired) electrons. The van der Waals surface area contributed by atoms with Gasteiger partial charge in [-0.2, -0.15) is 0 Å². The van der Waals surface area contributed by atoms with Crippen LogP contribution in [0.15, 0.2) is 109 Å². The highest BCUT2D eigenvalue weighted by atomic mass is 16.6. The Labute approximate surface area is 457 Å². The SMILES string of the molecule is CC/C=C\C/C=C\C/C=C\C/C=C\C/C=C\C/C=C\CCCCCCC(=O)OCC(COC(=O)CCCCCCCCCCCCCC)OC(=O)CCCCCCCC/C=C\C/C=C\C/C=C\CCCCCCC. The number of carbonyl (C=O) groups excluding carboxylic acids is 3. The van der Waals surface area contributed by atoms with E-state index in [1.165, 1.54) is 109 Å². The van der Waals surface area contributed by atoms with E-state index in [0.29, 0.717) is 19.3 Å². The minimum Gasteiger partial charge on any atom is -0.462 e. The molecule has 0 saturated carbocycles. The van der Waals surface area contributed by atoms with Crippen LogP contribution in [0.2, 0.25) is 0 Å². The lowest BCUT2D eigenvalue weighted by atomic mass is 10.0. The van der Waals surface area contributed by atoms with E-state index in [1.54, 1.807) is 0 Å². The van der Waals surface area contributed by atoms with Crippen molar-refractivity contribution in [3.8, 4) is 0 Å². The van der Waals surface area contributed by atoms with Crippen molar-refractivity contribution in [3.63, 3.8) is 0 Å². The van der Waals surface area contributed by atoms with Crippen molar-refractivity contribution < 1.29 is 28.6 Å². The highest BCUT2D eigenvalue weighted by Gasteiger charge is 2.19. The standard InChI is InChI=1S/C68H114O6/c1-4-7-10-13-16-19-22-25-27-29-31-33-34-36-37-39-41-43-46-49-52-55-58-61-67(70)73-64-65(63-72-66(69)60-57-54-51-48-45-24-21-18-15-12-9-6-3)74-68(71)62-59-56-53-50-47-44-42-40-38-35-32-30-28-26-23-20-17-14-11-8-5-2/h7,10,16,19,23,25-27,30-33,36-38,40-41,43,65H,4-6,8-9,11-15,17-18,20-22,24,28-29,34-35,39,42,44-64H2,1-3H3/b10-7-,19-16-,26-23-,27-25-,32-30-,33-31-,37-36-,40-38-,43-41-. The Morgan fingerprint density at radius 2 is 0.527 bits per heavy atom. The summed E-state index contributed by atoms with van der Waals surface area (Å²) in [6.07, 6.45) is 83.7. The molecule has 6 heteroatoms. The van der Waals surface area contributed by atoms with Crippen molar-refractivity contribution in [3.05, 3.63) is 109 Å². The predicted molar refractivity (Wildman–Crippen MR) is 320 cm³/mol. The summed E-state index contributed by atoms with van der Waals surface area (Å²) in [4.78, 5) is 38.2. The van der Waals surface area contributed by atoms with Gasteiger partial charge in [-0.15, -0.1) is 0 Å². The van der Waals surface area contributed by atoms with E-state index in [1.807, 2.05) is 0 Å². The second-order valence-electron chi connectivity index (χ2n) is 20.2. The molecule has 0 fully saturated rings. The van der Waals surface area contributed by atoms with Crippen LogP contribution in [0.3, 0.4) is 0 Å². The average molecular weight is 1030 g/mol. The molecule has 0 aliphatic carbocycles. The van der Waals surface area contributed by atoms with Crippen LogP contribution in [0, 0.1) is 0 Å². The molecular formula is C68H114O6. The fraction of sp³-hybridized carbons (Fsp3) is 0.691. The zero-order valence-corrected chi connectivity index (χ0v) is 48.3. The second-order valence-corrected chi connectivity index (χ2v) is 20.2. The van der Waals surface area contributed by atoms with Gasteiger partial charge in [0.25, 0.3) is 0 Å². The van der Waals surface area contributed by atoms with E-state index in [-0.39, 0.29) is 31.1 Å². The first kappa shape index (κ1) is 70.1. The van der Waals surface area contributed by atoms with E-state index in [9.17, 15) is 14.4 Å². The van der Waals surface area contributed by atoms with Crippen LogP contribution < -0.4 is 0 Å². The first-order valence-corrected chi connectivity index (χ1v) is 30.9. The molecule has 1 unspecified atom stereocenters. The fourth-order valence-corrected chi connectivity index (χ4v) is 8.39. The van der Waals surface area contributed by atoms with Crippen molar-refractivity contribution in [1.29, 1.82) is 0 Å². The normalized spacial score (nSPS) is 12.9. The topological polar surface area (TPSA) is 78.9 Å². The van der Waals surface area contributed by atoms with Gasteiger partial charge in [-0.25, -0.2) is 0 Å². The molecule has 0 spiro atoms. The molecule has 0 saturated heterocycles. The molecule has 6 nitrogen and oxygen atoms in total. The van der Waals surface area contributed by atoms with Gasteiger partial charge in [-0.3, -0.25) is 14.4 Å². The molecule has 0 rings (SSSR count). The summed E-state index contributed by atoms with van der Waals surface area (Å²) in [6.45, 7) is 6.49. The number of carbonyl (C=O) groups is 3. The van der Waals surface area contributed by atoms with Gasteiger partial charge in [0.05, 0.1) is 0 Å². The predicted octanol–water partition coefficient (Wildman–Crippen LogP) is 21.0. The molecule has 0 bridgehead atoms. The highest BCUT2D eigenvalue weighted by Crippen LogP contribution is 2.15. The van der Waals surface area contributed by atoms with E-state index >= 15 is 0 Å². The number of hydrogen-bond donors (Lipinski definition) is 0. The number of ether oxygens (including phenoxy) is 3. The van der Waals surface area contributed by atoms with E-state index < -0.39 is 6.10 Å². The summed E-state index contributed by atoms with van der Waals surface area (Å²) in [5.41, 5.74) is 0. The quantitative estimate of drug-likeness (QED) is 0.0261. The minimum atomic E-state index is -0.797. The van der Waals surface area contributed by atoms with Crippen molar-refractivity contribution in [2.24, 2.45) is 0 Å². The zero-order valence-electron chi connectivity index (χ0n) is 48.3. The third kappa shape index (κ3) is 59.0. The van der Waals surface area contributed by atoms with Crippen LogP contribution in [0.25, 0.3) is 0 Å². The molecule has 0 aliphatic heterocycles. The average Bonchev–Trinajstić information content (AvgIpc) is 3.40. The Morgan fingerprint density at radius 3 is 0.824 bits per heavy atom. The van der Waals surface area contributed by atoms with Crippen LogP contribution in [0.1, 0.15) is 284 Å². The van der Waals surface area contributed by atoms with Crippen molar-refractivity contribution in [2.45, 2.75) is 290 Å². The molecule has 0 N–H and O–H groups in total. The fourth-order valence-electron chi connectivity index (χ4n) is 8.39. The maximum atomic E-state index is 12.9. The van der Waals surface area contributed by atoms with Crippen LogP contribution in [0.5, 0.6) is 0 Å². The smallest absolute Gasteiger partial charge is 0.306 e. The molecule has 422 valence electrons. The van der Waals surface area contributed by atoms with Crippen LogP contribution >= 0.6 is 0 Å². The number of unbranched alkanes of at least 4 members (excludes halogenated alkanes) is 26. The van der Waals surface area contributed by atoms with Crippen LogP contribution in [-0.4, -0.2) is 37.2 Å². The highest BCUT2D eigenvalue weighted by molar-refractivity contribution is 5.71. The summed E-state index contributed by atoms with van der Waals surface area (Å²) >= 11 is 0. The Kier molecular flexibility index (Phi) is 58.3. The van der Waals surface area contributed by atoms with Gasteiger partial charge in [-0.05, 0) is 109 Å². The number of rotatable bonds is 55. The lowest BCUT2D eigenvalue weighted by Crippen LogP contribution is -2.30. The number of hydrogen-bond acceptors (Lipinski definition) is 6. The van der Waals surface area contributed by atoms with Gasteiger partial charge in [0, 0.05) is 19.3 Å². The van der Waals surface area contributed by atoms with Crippen LogP contribution in [-0.2, 0) is 28.6 Å².